The molecule has 0 bridgehead atoms. The van der Waals surface area contributed by atoms with Gasteiger partial charge < -0.3 is 9.42 Å². The van der Waals surface area contributed by atoms with Gasteiger partial charge in [-0.15, -0.1) is 0 Å². The van der Waals surface area contributed by atoms with E-state index in [1.807, 2.05) is 6.92 Å². The standard InChI is InChI=1S/C15H20N6O3/c1-3-15-17-13(18-24-15)10-19-4-6-20(7-5-19)14-8-11(2)12(9-16-14)21(22)23/h8-9H,3-7,10H2,1-2H3. The summed E-state index contributed by atoms with van der Waals surface area (Å²) in [6, 6.07) is 1.78. The molecule has 1 aliphatic heterocycles. The molecule has 128 valence electrons. The van der Waals surface area contributed by atoms with Crippen LogP contribution in [0.2, 0.25) is 0 Å². The number of hydrogen-bond donors (Lipinski definition) is 0. The third kappa shape index (κ3) is 3.51. The minimum absolute atomic E-state index is 0.0567. The number of aryl methyl sites for hydroxylation is 2. The van der Waals surface area contributed by atoms with Gasteiger partial charge in [0.15, 0.2) is 5.82 Å². The van der Waals surface area contributed by atoms with Gasteiger partial charge in [0.05, 0.1) is 11.5 Å². The summed E-state index contributed by atoms with van der Waals surface area (Å²) in [5.74, 6) is 2.16. The van der Waals surface area contributed by atoms with Crippen molar-refractivity contribution < 1.29 is 9.45 Å². The molecule has 0 radical (unpaired) electrons. The summed E-state index contributed by atoms with van der Waals surface area (Å²) in [6.45, 7) is 7.72. The molecule has 2 aromatic rings. The molecule has 0 unspecified atom stereocenters. The predicted octanol–water partition coefficient (Wildman–Crippen LogP) is 1.57. The second-order valence-corrected chi connectivity index (χ2v) is 5.81. The van der Waals surface area contributed by atoms with Crippen molar-refractivity contribution in [2.75, 3.05) is 31.1 Å². The molecule has 0 atom stereocenters. The van der Waals surface area contributed by atoms with Crippen LogP contribution in [-0.2, 0) is 13.0 Å². The molecule has 3 heterocycles. The van der Waals surface area contributed by atoms with Crippen LogP contribution in [0.15, 0.2) is 16.8 Å². The summed E-state index contributed by atoms with van der Waals surface area (Å²) in [5, 5.41) is 14.9. The van der Waals surface area contributed by atoms with Gasteiger partial charge in [-0.05, 0) is 13.0 Å². The summed E-state index contributed by atoms with van der Waals surface area (Å²) in [6.07, 6.45) is 2.08. The molecule has 0 aromatic carbocycles. The topological polar surface area (TPSA) is 101 Å². The Morgan fingerprint density at radius 2 is 2.08 bits per heavy atom. The van der Waals surface area contributed by atoms with Gasteiger partial charge in [-0.2, -0.15) is 4.98 Å². The molecular formula is C15H20N6O3. The van der Waals surface area contributed by atoms with Crippen molar-refractivity contribution >= 4 is 11.5 Å². The lowest BCUT2D eigenvalue weighted by molar-refractivity contribution is -0.385. The third-order valence-electron chi connectivity index (χ3n) is 4.14. The first-order valence-electron chi connectivity index (χ1n) is 7.96. The van der Waals surface area contributed by atoms with E-state index in [9.17, 15) is 10.1 Å². The Bertz CT molecular complexity index is 724. The number of rotatable bonds is 5. The SMILES string of the molecule is CCc1nc(CN2CCN(c3cc(C)c([N+](=O)[O-])cn3)CC2)no1. The molecule has 1 aliphatic rings. The summed E-state index contributed by atoms with van der Waals surface area (Å²) in [5.41, 5.74) is 0.688. The second kappa shape index (κ2) is 6.91. The van der Waals surface area contributed by atoms with E-state index in [-0.39, 0.29) is 5.69 Å². The molecule has 1 saturated heterocycles. The monoisotopic (exact) mass is 332 g/mol. The maximum atomic E-state index is 10.9. The van der Waals surface area contributed by atoms with Crippen molar-refractivity contribution in [2.45, 2.75) is 26.8 Å². The molecule has 3 rings (SSSR count). The number of aromatic nitrogens is 3. The van der Waals surface area contributed by atoms with Crippen LogP contribution in [0.3, 0.4) is 0 Å². The quantitative estimate of drug-likeness (QED) is 0.600. The summed E-state index contributed by atoms with van der Waals surface area (Å²) in [7, 11) is 0. The Labute approximate surface area is 139 Å². The van der Waals surface area contributed by atoms with E-state index in [1.165, 1.54) is 6.20 Å². The third-order valence-corrected chi connectivity index (χ3v) is 4.14. The van der Waals surface area contributed by atoms with E-state index >= 15 is 0 Å². The number of anilines is 1. The second-order valence-electron chi connectivity index (χ2n) is 5.81. The van der Waals surface area contributed by atoms with Crippen LogP contribution >= 0.6 is 0 Å². The first-order valence-corrected chi connectivity index (χ1v) is 7.96. The van der Waals surface area contributed by atoms with Crippen molar-refractivity contribution in [2.24, 2.45) is 0 Å². The lowest BCUT2D eigenvalue weighted by Gasteiger charge is -2.34. The largest absolute Gasteiger partial charge is 0.354 e. The van der Waals surface area contributed by atoms with Gasteiger partial charge in [0.1, 0.15) is 12.0 Å². The Morgan fingerprint density at radius 1 is 1.33 bits per heavy atom. The van der Waals surface area contributed by atoms with Crippen LogP contribution in [0.1, 0.15) is 24.2 Å². The van der Waals surface area contributed by atoms with Crippen LogP contribution in [0, 0.1) is 17.0 Å². The van der Waals surface area contributed by atoms with E-state index in [2.05, 4.69) is 24.9 Å². The van der Waals surface area contributed by atoms with Gasteiger partial charge in [-0.25, -0.2) is 4.98 Å². The van der Waals surface area contributed by atoms with Crippen LogP contribution in [-0.4, -0.2) is 51.1 Å². The van der Waals surface area contributed by atoms with E-state index in [1.54, 1.807) is 13.0 Å². The predicted molar refractivity (Wildman–Crippen MR) is 86.8 cm³/mol. The summed E-state index contributed by atoms with van der Waals surface area (Å²) < 4.78 is 5.13. The van der Waals surface area contributed by atoms with Crippen molar-refractivity contribution in [1.29, 1.82) is 0 Å². The zero-order chi connectivity index (χ0) is 17.1. The highest BCUT2D eigenvalue weighted by Gasteiger charge is 2.21. The van der Waals surface area contributed by atoms with E-state index in [0.717, 1.165) is 38.4 Å². The average Bonchev–Trinajstić information content (AvgIpc) is 3.03. The van der Waals surface area contributed by atoms with Crippen molar-refractivity contribution in [3.05, 3.63) is 39.7 Å². The molecule has 0 saturated carbocycles. The van der Waals surface area contributed by atoms with Crippen molar-refractivity contribution in [1.82, 2.24) is 20.0 Å². The lowest BCUT2D eigenvalue weighted by atomic mass is 10.2. The first-order chi connectivity index (χ1) is 11.6. The van der Waals surface area contributed by atoms with Gasteiger partial charge in [-0.3, -0.25) is 15.0 Å². The molecule has 0 N–H and O–H groups in total. The molecular weight excluding hydrogens is 312 g/mol. The number of nitro groups is 1. The molecule has 24 heavy (non-hydrogen) atoms. The van der Waals surface area contributed by atoms with E-state index in [0.29, 0.717) is 23.8 Å². The molecule has 0 spiro atoms. The van der Waals surface area contributed by atoms with Crippen molar-refractivity contribution in [3.8, 4) is 0 Å². The Balaban J connectivity index is 1.58. The number of piperazine rings is 1. The zero-order valence-corrected chi connectivity index (χ0v) is 13.8. The van der Waals surface area contributed by atoms with Crippen LogP contribution in [0.25, 0.3) is 0 Å². The van der Waals surface area contributed by atoms with Gasteiger partial charge in [0.25, 0.3) is 5.69 Å². The van der Waals surface area contributed by atoms with E-state index in [4.69, 9.17) is 4.52 Å². The lowest BCUT2D eigenvalue weighted by Crippen LogP contribution is -2.46. The molecule has 0 aliphatic carbocycles. The highest BCUT2D eigenvalue weighted by atomic mass is 16.6. The van der Waals surface area contributed by atoms with Gasteiger partial charge in [-0.1, -0.05) is 12.1 Å². The fourth-order valence-electron chi connectivity index (χ4n) is 2.73. The minimum atomic E-state index is -0.403. The normalized spacial score (nSPS) is 15.7. The average molecular weight is 332 g/mol. The van der Waals surface area contributed by atoms with E-state index < -0.39 is 4.92 Å². The Kier molecular flexibility index (Phi) is 4.70. The maximum absolute atomic E-state index is 10.9. The van der Waals surface area contributed by atoms with Gasteiger partial charge >= 0.3 is 0 Å². The Morgan fingerprint density at radius 3 is 2.67 bits per heavy atom. The smallest absolute Gasteiger partial charge is 0.290 e. The number of hydrogen-bond acceptors (Lipinski definition) is 8. The highest BCUT2D eigenvalue weighted by molar-refractivity contribution is 5.48. The highest BCUT2D eigenvalue weighted by Crippen LogP contribution is 2.22. The molecule has 1 fully saturated rings. The molecule has 9 nitrogen and oxygen atoms in total. The maximum Gasteiger partial charge on any atom is 0.290 e. The van der Waals surface area contributed by atoms with Crippen LogP contribution in [0.5, 0.6) is 0 Å². The first kappa shape index (κ1) is 16.3. The summed E-state index contributed by atoms with van der Waals surface area (Å²) in [4.78, 5) is 23.4. The zero-order valence-electron chi connectivity index (χ0n) is 13.8. The van der Waals surface area contributed by atoms with Crippen LogP contribution in [0.4, 0.5) is 11.5 Å². The van der Waals surface area contributed by atoms with Gasteiger partial charge in [0, 0.05) is 38.2 Å². The van der Waals surface area contributed by atoms with Crippen molar-refractivity contribution in [3.63, 3.8) is 0 Å². The fourth-order valence-corrected chi connectivity index (χ4v) is 2.73. The summed E-state index contributed by atoms with van der Waals surface area (Å²) >= 11 is 0. The molecule has 9 heteroatoms. The minimum Gasteiger partial charge on any atom is -0.354 e. The van der Waals surface area contributed by atoms with Gasteiger partial charge in [0.2, 0.25) is 5.89 Å². The fraction of sp³-hybridized carbons (Fsp3) is 0.533. The number of pyridine rings is 1. The molecule has 2 aromatic heterocycles. The molecule has 0 amide bonds. The Hall–Kier alpha value is -2.55. The van der Waals surface area contributed by atoms with Crippen LogP contribution < -0.4 is 4.90 Å². The number of nitrogens with zero attached hydrogens (tertiary/aromatic N) is 6.